The summed E-state index contributed by atoms with van der Waals surface area (Å²) in [6.45, 7) is 5.53. The Morgan fingerprint density at radius 1 is 0.966 bits per heavy atom. The summed E-state index contributed by atoms with van der Waals surface area (Å²) in [6.07, 6.45) is 0. The van der Waals surface area contributed by atoms with Gasteiger partial charge in [-0.3, -0.25) is 0 Å². The molecule has 2 rings (SSSR count). The highest BCUT2D eigenvalue weighted by atomic mass is 35.5. The molecule has 2 aromatic carbocycles. The fourth-order valence-corrected chi connectivity index (χ4v) is 2.96. The van der Waals surface area contributed by atoms with Crippen LogP contribution in [0.25, 0.3) is 0 Å². The molecule has 8 heteroatoms. The van der Waals surface area contributed by atoms with Crippen molar-refractivity contribution in [1.29, 1.82) is 0 Å². The summed E-state index contributed by atoms with van der Waals surface area (Å²) in [7, 11) is 4.79. The molecule has 0 aliphatic heterocycles. The third-order valence-corrected chi connectivity index (χ3v) is 4.27. The number of guanidine groups is 1. The van der Waals surface area contributed by atoms with Crippen LogP contribution < -0.4 is 29.6 Å². The first-order chi connectivity index (χ1) is 14.1. The summed E-state index contributed by atoms with van der Waals surface area (Å²) in [4.78, 5) is 4.64. The van der Waals surface area contributed by atoms with E-state index in [1.807, 2.05) is 44.2 Å². The van der Waals surface area contributed by atoms with Crippen molar-refractivity contribution in [2.75, 3.05) is 39.8 Å². The number of aliphatic imine (C=N–C) groups is 1. The number of hydrogen-bond donors (Lipinski definition) is 2. The van der Waals surface area contributed by atoms with E-state index in [9.17, 15) is 0 Å². The van der Waals surface area contributed by atoms with Crippen molar-refractivity contribution in [1.82, 2.24) is 5.32 Å². The third kappa shape index (κ3) is 6.09. The first kappa shape index (κ1) is 22.5. The van der Waals surface area contributed by atoms with Crippen LogP contribution in [0.3, 0.4) is 0 Å². The lowest BCUT2D eigenvalue weighted by Gasteiger charge is -2.15. The molecule has 0 amide bonds. The van der Waals surface area contributed by atoms with Crippen LogP contribution in [0.2, 0.25) is 5.02 Å². The summed E-state index contributed by atoms with van der Waals surface area (Å²) >= 11 is 6.35. The standard InChI is InChI=1S/C21H28ClN3O4/c1-6-23-21(25-15-8-9-17(26-3)18(12-15)27-4)24-13-14-10-16(22)20(29-7-2)19(11-14)28-5/h8-12H,6-7,13H2,1-5H3,(H2,23,24,25). The van der Waals surface area contributed by atoms with Crippen LogP contribution in [0.15, 0.2) is 35.3 Å². The van der Waals surface area contributed by atoms with Crippen molar-refractivity contribution < 1.29 is 18.9 Å². The van der Waals surface area contributed by atoms with Gasteiger partial charge in [0.25, 0.3) is 0 Å². The van der Waals surface area contributed by atoms with Gasteiger partial charge in [-0.05, 0) is 43.7 Å². The van der Waals surface area contributed by atoms with Gasteiger partial charge < -0.3 is 29.6 Å². The van der Waals surface area contributed by atoms with Gasteiger partial charge in [0, 0.05) is 18.3 Å². The fraction of sp³-hybridized carbons (Fsp3) is 0.381. The molecule has 158 valence electrons. The second-order valence-electron chi connectivity index (χ2n) is 5.93. The van der Waals surface area contributed by atoms with Crippen molar-refractivity contribution in [3.05, 3.63) is 40.9 Å². The molecule has 0 unspecified atom stereocenters. The minimum Gasteiger partial charge on any atom is -0.493 e. The van der Waals surface area contributed by atoms with Gasteiger partial charge in [-0.2, -0.15) is 0 Å². The van der Waals surface area contributed by atoms with Crippen LogP contribution >= 0.6 is 11.6 Å². The number of rotatable bonds is 9. The Morgan fingerprint density at radius 3 is 2.31 bits per heavy atom. The van der Waals surface area contributed by atoms with Gasteiger partial charge in [0.1, 0.15) is 0 Å². The Bertz CT molecular complexity index is 843. The number of anilines is 1. The number of halogens is 1. The lowest BCUT2D eigenvalue weighted by atomic mass is 10.2. The second-order valence-corrected chi connectivity index (χ2v) is 6.34. The molecule has 0 saturated carbocycles. The second kappa shape index (κ2) is 11.3. The summed E-state index contributed by atoms with van der Waals surface area (Å²) in [5.41, 5.74) is 1.73. The first-order valence-electron chi connectivity index (χ1n) is 9.32. The molecule has 0 heterocycles. The summed E-state index contributed by atoms with van der Waals surface area (Å²) in [5.74, 6) is 3.05. The molecule has 7 nitrogen and oxygen atoms in total. The lowest BCUT2D eigenvalue weighted by Crippen LogP contribution is -2.30. The Kier molecular flexibility index (Phi) is 8.73. The van der Waals surface area contributed by atoms with Gasteiger partial charge in [0.05, 0.1) is 39.5 Å². The maximum Gasteiger partial charge on any atom is 0.196 e. The molecule has 2 aromatic rings. The summed E-state index contributed by atoms with van der Waals surface area (Å²) in [5, 5.41) is 6.98. The van der Waals surface area contributed by atoms with E-state index < -0.39 is 0 Å². The zero-order chi connectivity index (χ0) is 21.2. The molecular weight excluding hydrogens is 394 g/mol. The molecule has 0 fully saturated rings. The lowest BCUT2D eigenvalue weighted by molar-refractivity contribution is 0.311. The molecule has 2 N–H and O–H groups in total. The molecule has 0 aliphatic carbocycles. The van der Waals surface area contributed by atoms with E-state index in [2.05, 4.69) is 15.6 Å². The van der Waals surface area contributed by atoms with Crippen molar-refractivity contribution in [3.63, 3.8) is 0 Å². The molecule has 0 aromatic heterocycles. The minimum atomic E-state index is 0.408. The number of nitrogens with zero attached hydrogens (tertiary/aromatic N) is 1. The van der Waals surface area contributed by atoms with Crippen LogP contribution in [0.5, 0.6) is 23.0 Å². The van der Waals surface area contributed by atoms with Crippen LogP contribution in [0, 0.1) is 0 Å². The molecule has 0 bridgehead atoms. The van der Waals surface area contributed by atoms with Crippen molar-refractivity contribution >= 4 is 23.2 Å². The maximum atomic E-state index is 6.35. The highest BCUT2D eigenvalue weighted by molar-refractivity contribution is 6.32. The molecule has 0 saturated heterocycles. The Hall–Kier alpha value is -2.80. The molecule has 29 heavy (non-hydrogen) atoms. The third-order valence-electron chi connectivity index (χ3n) is 3.99. The van der Waals surface area contributed by atoms with Gasteiger partial charge in [0.2, 0.25) is 0 Å². The normalized spacial score (nSPS) is 11.0. The van der Waals surface area contributed by atoms with E-state index >= 15 is 0 Å². The van der Waals surface area contributed by atoms with E-state index in [1.54, 1.807) is 21.3 Å². The maximum absolute atomic E-state index is 6.35. The zero-order valence-corrected chi connectivity index (χ0v) is 18.2. The van der Waals surface area contributed by atoms with E-state index in [-0.39, 0.29) is 0 Å². The number of methoxy groups -OCH3 is 3. The van der Waals surface area contributed by atoms with E-state index in [1.165, 1.54) is 0 Å². The highest BCUT2D eigenvalue weighted by Gasteiger charge is 2.12. The van der Waals surface area contributed by atoms with Gasteiger partial charge in [0.15, 0.2) is 29.0 Å². The summed E-state index contributed by atoms with van der Waals surface area (Å²) < 4.78 is 21.6. The van der Waals surface area contributed by atoms with Crippen molar-refractivity contribution in [2.45, 2.75) is 20.4 Å². The number of nitrogens with one attached hydrogen (secondary N) is 2. The Balaban J connectivity index is 2.22. The fourth-order valence-electron chi connectivity index (χ4n) is 2.68. The molecule has 0 radical (unpaired) electrons. The smallest absolute Gasteiger partial charge is 0.196 e. The van der Waals surface area contributed by atoms with Crippen LogP contribution in [0.1, 0.15) is 19.4 Å². The SMILES string of the molecule is CCNC(=NCc1cc(Cl)c(OCC)c(OC)c1)Nc1ccc(OC)c(OC)c1. The van der Waals surface area contributed by atoms with Crippen LogP contribution in [0.4, 0.5) is 5.69 Å². The van der Waals surface area contributed by atoms with E-state index in [4.69, 9.17) is 30.5 Å². The predicted molar refractivity (Wildman–Crippen MR) is 117 cm³/mol. The van der Waals surface area contributed by atoms with Gasteiger partial charge in [-0.15, -0.1) is 0 Å². The van der Waals surface area contributed by atoms with Crippen LogP contribution in [-0.4, -0.2) is 40.4 Å². The van der Waals surface area contributed by atoms with Gasteiger partial charge in [-0.25, -0.2) is 4.99 Å². The van der Waals surface area contributed by atoms with Crippen molar-refractivity contribution in [2.24, 2.45) is 4.99 Å². The van der Waals surface area contributed by atoms with Gasteiger partial charge in [-0.1, -0.05) is 11.6 Å². The topological polar surface area (TPSA) is 73.3 Å². The Morgan fingerprint density at radius 2 is 1.69 bits per heavy atom. The molecular formula is C21H28ClN3O4. The molecule has 0 atom stereocenters. The quantitative estimate of drug-likeness (QED) is 0.463. The van der Waals surface area contributed by atoms with E-state index in [0.717, 1.165) is 11.3 Å². The monoisotopic (exact) mass is 421 g/mol. The Labute approximate surface area is 177 Å². The van der Waals surface area contributed by atoms with Crippen LogP contribution in [-0.2, 0) is 6.54 Å². The van der Waals surface area contributed by atoms with Gasteiger partial charge >= 0.3 is 0 Å². The first-order valence-corrected chi connectivity index (χ1v) is 9.70. The highest BCUT2D eigenvalue weighted by Crippen LogP contribution is 2.36. The number of ether oxygens (including phenoxy) is 4. The average molecular weight is 422 g/mol. The zero-order valence-electron chi connectivity index (χ0n) is 17.5. The average Bonchev–Trinajstić information content (AvgIpc) is 2.73. The largest absolute Gasteiger partial charge is 0.493 e. The molecule has 0 spiro atoms. The van der Waals surface area contributed by atoms with Crippen molar-refractivity contribution in [3.8, 4) is 23.0 Å². The predicted octanol–water partition coefficient (Wildman–Crippen LogP) is 4.34. The number of benzene rings is 2. The van der Waals surface area contributed by atoms with E-state index in [0.29, 0.717) is 53.7 Å². The molecule has 0 aliphatic rings. The minimum absolute atomic E-state index is 0.408. The number of hydrogen-bond acceptors (Lipinski definition) is 5. The summed E-state index contributed by atoms with van der Waals surface area (Å²) in [6, 6.07) is 9.29.